The largest absolute Gasteiger partial charge is 0.309 e. The SMILES string of the molecule is [C-]#[N+]c1ccc2c(c1)c1ccccc1n2-c1ccccc1-c1c([N+]#[C-])ccc(C#N)c1-c1cccc(-n2c3ccccc3c3ccccc32)c1. The Hall–Kier alpha value is -7.39. The first-order valence-electron chi connectivity index (χ1n) is 16.2. The number of rotatable bonds is 4. The molecular weight excluding hydrogens is 611 g/mol. The van der Waals surface area contributed by atoms with E-state index in [-0.39, 0.29) is 0 Å². The summed E-state index contributed by atoms with van der Waals surface area (Å²) in [5.41, 5.74) is 10.6. The zero-order valence-electron chi connectivity index (χ0n) is 26.7. The van der Waals surface area contributed by atoms with Crippen molar-refractivity contribution in [3.63, 3.8) is 0 Å². The lowest BCUT2D eigenvalue weighted by Crippen LogP contribution is -2.00. The van der Waals surface area contributed by atoms with E-state index in [2.05, 4.69) is 104 Å². The highest BCUT2D eigenvalue weighted by molar-refractivity contribution is 6.12. The predicted molar refractivity (Wildman–Crippen MR) is 203 cm³/mol. The molecule has 0 saturated carbocycles. The van der Waals surface area contributed by atoms with E-state index in [1.54, 1.807) is 12.1 Å². The normalized spacial score (nSPS) is 11.1. The third-order valence-electron chi connectivity index (χ3n) is 9.60. The van der Waals surface area contributed by atoms with Gasteiger partial charge >= 0.3 is 0 Å². The highest BCUT2D eigenvalue weighted by Gasteiger charge is 2.23. The highest BCUT2D eigenvalue weighted by Crippen LogP contribution is 2.46. The predicted octanol–water partition coefficient (Wildman–Crippen LogP) is 12.2. The van der Waals surface area contributed by atoms with Crippen LogP contribution < -0.4 is 0 Å². The van der Waals surface area contributed by atoms with Crippen molar-refractivity contribution in [2.75, 3.05) is 0 Å². The van der Waals surface area contributed by atoms with Crippen molar-refractivity contribution >= 4 is 55.0 Å². The second-order valence-corrected chi connectivity index (χ2v) is 12.2. The third-order valence-corrected chi connectivity index (χ3v) is 9.60. The molecule has 0 radical (unpaired) electrons. The number of nitriles is 1. The van der Waals surface area contributed by atoms with Crippen LogP contribution in [0.5, 0.6) is 0 Å². The third kappa shape index (κ3) is 4.24. The Morgan fingerprint density at radius 1 is 0.500 bits per heavy atom. The van der Waals surface area contributed by atoms with Gasteiger partial charge in [0.05, 0.1) is 52.5 Å². The number of aromatic nitrogens is 2. The second-order valence-electron chi connectivity index (χ2n) is 12.2. The van der Waals surface area contributed by atoms with E-state index in [0.29, 0.717) is 28.1 Å². The van der Waals surface area contributed by atoms with Crippen LogP contribution in [0.25, 0.3) is 86.9 Å². The second kappa shape index (κ2) is 11.4. The molecule has 50 heavy (non-hydrogen) atoms. The first kappa shape index (κ1) is 28.8. The number of hydrogen-bond acceptors (Lipinski definition) is 1. The molecule has 0 saturated heterocycles. The van der Waals surface area contributed by atoms with Crippen LogP contribution in [-0.2, 0) is 0 Å². The summed E-state index contributed by atoms with van der Waals surface area (Å²) >= 11 is 0. The Morgan fingerprint density at radius 2 is 1.12 bits per heavy atom. The summed E-state index contributed by atoms with van der Waals surface area (Å²) in [4.78, 5) is 7.72. The van der Waals surface area contributed by atoms with Gasteiger partial charge in [-0.05, 0) is 76.2 Å². The Bertz CT molecular complexity index is 2920. The monoisotopic (exact) mass is 635 g/mol. The molecule has 5 nitrogen and oxygen atoms in total. The zero-order valence-corrected chi connectivity index (χ0v) is 26.7. The van der Waals surface area contributed by atoms with Crippen LogP contribution in [0.15, 0.2) is 152 Å². The van der Waals surface area contributed by atoms with Gasteiger partial charge in [0.25, 0.3) is 0 Å². The van der Waals surface area contributed by atoms with Gasteiger partial charge in [-0.2, -0.15) is 5.26 Å². The van der Waals surface area contributed by atoms with Gasteiger partial charge in [0.15, 0.2) is 11.4 Å². The van der Waals surface area contributed by atoms with E-state index < -0.39 is 0 Å². The lowest BCUT2D eigenvalue weighted by Gasteiger charge is -2.20. The molecular formula is C45H25N5. The van der Waals surface area contributed by atoms with Crippen molar-refractivity contribution in [1.29, 1.82) is 5.26 Å². The fraction of sp³-hybridized carbons (Fsp3) is 0. The van der Waals surface area contributed by atoms with Crippen LogP contribution in [0.3, 0.4) is 0 Å². The zero-order chi connectivity index (χ0) is 33.8. The lowest BCUT2D eigenvalue weighted by molar-refractivity contribution is 1.18. The molecule has 0 amide bonds. The standard InChI is InChI=1S/C45H25N5/c1-47-31-23-25-43-37(27-31)35-16-5-9-20-41(35)50(43)42-21-10-6-17-36(42)45-38(48-2)24-22-30(28-46)44(45)29-12-11-13-32(26-29)49-39-18-7-3-14-33(39)34-15-4-8-19-40(34)49/h3-27H. The topological polar surface area (TPSA) is 42.4 Å². The molecule has 5 heteroatoms. The molecule has 0 N–H and O–H groups in total. The van der Waals surface area contributed by atoms with Crippen molar-refractivity contribution in [1.82, 2.24) is 9.13 Å². The molecule has 0 aliphatic heterocycles. The van der Waals surface area contributed by atoms with E-state index in [9.17, 15) is 5.26 Å². The molecule has 0 fully saturated rings. The Balaban J connectivity index is 1.34. The van der Waals surface area contributed by atoms with Crippen LogP contribution in [-0.4, -0.2) is 9.13 Å². The van der Waals surface area contributed by atoms with Gasteiger partial charge < -0.3 is 9.13 Å². The van der Waals surface area contributed by atoms with E-state index in [4.69, 9.17) is 13.1 Å². The van der Waals surface area contributed by atoms with Crippen LogP contribution in [0, 0.1) is 24.5 Å². The van der Waals surface area contributed by atoms with E-state index in [1.807, 2.05) is 60.7 Å². The highest BCUT2D eigenvalue weighted by atomic mass is 15.0. The van der Waals surface area contributed by atoms with Crippen molar-refractivity contribution in [3.05, 3.63) is 180 Å². The molecule has 0 unspecified atom stereocenters. The Kier molecular flexibility index (Phi) is 6.56. The molecule has 9 rings (SSSR count). The van der Waals surface area contributed by atoms with Gasteiger partial charge in [0.2, 0.25) is 0 Å². The Morgan fingerprint density at radius 3 is 1.80 bits per heavy atom. The number of para-hydroxylation sites is 4. The van der Waals surface area contributed by atoms with E-state index in [1.165, 1.54) is 10.8 Å². The molecule has 2 heterocycles. The minimum absolute atomic E-state index is 0.463. The van der Waals surface area contributed by atoms with Gasteiger partial charge in [-0.1, -0.05) is 103 Å². The van der Waals surface area contributed by atoms with Gasteiger partial charge in [-0.25, -0.2) is 9.69 Å². The summed E-state index contributed by atoms with van der Waals surface area (Å²) < 4.78 is 4.47. The van der Waals surface area contributed by atoms with Crippen molar-refractivity contribution < 1.29 is 0 Å². The fourth-order valence-electron chi connectivity index (χ4n) is 7.52. The first-order chi connectivity index (χ1) is 24.7. The maximum absolute atomic E-state index is 10.6. The van der Waals surface area contributed by atoms with Crippen LogP contribution in [0.2, 0.25) is 0 Å². The number of benzene rings is 7. The van der Waals surface area contributed by atoms with E-state index in [0.717, 1.165) is 55.3 Å². The number of hydrogen-bond donors (Lipinski definition) is 0. The van der Waals surface area contributed by atoms with Gasteiger partial charge in [-0.3, -0.25) is 0 Å². The summed E-state index contributed by atoms with van der Waals surface area (Å²) in [5, 5.41) is 14.9. The van der Waals surface area contributed by atoms with Crippen LogP contribution in [0.1, 0.15) is 5.56 Å². The van der Waals surface area contributed by atoms with Gasteiger partial charge in [-0.15, -0.1) is 0 Å². The minimum atomic E-state index is 0.463. The van der Waals surface area contributed by atoms with Crippen molar-refractivity contribution in [3.8, 4) is 39.7 Å². The molecule has 0 atom stereocenters. The summed E-state index contributed by atoms with van der Waals surface area (Å²) in [7, 11) is 0. The average molecular weight is 636 g/mol. The maximum Gasteiger partial charge on any atom is 0.195 e. The molecule has 0 spiro atoms. The fourth-order valence-corrected chi connectivity index (χ4v) is 7.52. The smallest absolute Gasteiger partial charge is 0.195 e. The maximum atomic E-state index is 10.6. The van der Waals surface area contributed by atoms with Crippen LogP contribution >= 0.6 is 0 Å². The molecule has 230 valence electrons. The molecule has 7 aromatic carbocycles. The molecule has 0 aliphatic rings. The van der Waals surface area contributed by atoms with Crippen molar-refractivity contribution in [2.45, 2.75) is 0 Å². The summed E-state index contributed by atoms with van der Waals surface area (Å²) in [6.45, 7) is 15.9. The minimum Gasteiger partial charge on any atom is -0.309 e. The Labute approximate surface area is 288 Å². The lowest BCUT2D eigenvalue weighted by atomic mass is 9.88. The molecule has 0 aliphatic carbocycles. The van der Waals surface area contributed by atoms with Crippen LogP contribution in [0.4, 0.5) is 11.4 Å². The summed E-state index contributed by atoms with van der Waals surface area (Å²) in [5.74, 6) is 0. The van der Waals surface area contributed by atoms with Crippen molar-refractivity contribution in [2.24, 2.45) is 0 Å². The van der Waals surface area contributed by atoms with E-state index >= 15 is 0 Å². The quantitative estimate of drug-likeness (QED) is 0.177. The van der Waals surface area contributed by atoms with Gasteiger partial charge in [0, 0.05) is 21.8 Å². The molecule has 0 bridgehead atoms. The van der Waals surface area contributed by atoms with Gasteiger partial charge in [0.1, 0.15) is 0 Å². The summed E-state index contributed by atoms with van der Waals surface area (Å²) in [6, 6.07) is 53.1. The average Bonchev–Trinajstić information content (AvgIpc) is 3.70. The number of nitrogens with zero attached hydrogens (tertiary/aromatic N) is 5. The number of fused-ring (bicyclic) bond motifs is 6. The first-order valence-corrected chi connectivity index (χ1v) is 16.2. The molecule has 2 aromatic heterocycles. The summed E-state index contributed by atoms with van der Waals surface area (Å²) in [6.07, 6.45) is 0. The molecule has 9 aromatic rings.